The van der Waals surface area contributed by atoms with Crippen LogP contribution < -0.4 is 10.2 Å². The maximum absolute atomic E-state index is 14.6. The molecule has 2 aromatic heterocycles. The predicted octanol–water partition coefficient (Wildman–Crippen LogP) is 6.07. The first-order valence-corrected chi connectivity index (χ1v) is 13.6. The van der Waals surface area contributed by atoms with Crippen LogP contribution in [0.25, 0.3) is 5.65 Å². The molecule has 0 radical (unpaired) electrons. The Morgan fingerprint density at radius 2 is 1.80 bits per heavy atom. The second-order valence-electron chi connectivity index (χ2n) is 11.9. The molecule has 1 fully saturated rings. The van der Waals surface area contributed by atoms with Crippen molar-refractivity contribution in [3.05, 3.63) is 53.2 Å². The topological polar surface area (TPSA) is 104 Å². The second kappa shape index (κ2) is 10.2. The molecule has 2 aliphatic heterocycles. The number of pyridine rings is 1. The van der Waals surface area contributed by atoms with Gasteiger partial charge in [-0.15, -0.1) is 0 Å². The number of anilines is 2. The minimum Gasteiger partial charge on any atom is -0.444 e. The number of nitrogens with one attached hydrogen (secondary N) is 1. The first kappa shape index (κ1) is 27.5. The van der Waals surface area contributed by atoms with E-state index >= 15 is 0 Å². The number of rotatable bonds is 3. The molecule has 3 aromatic rings. The normalized spacial score (nSPS) is 20.9. The molecule has 2 amide bonds. The summed E-state index contributed by atoms with van der Waals surface area (Å²) >= 11 is 0. The Hall–Kier alpha value is -4.02. The van der Waals surface area contributed by atoms with Crippen LogP contribution >= 0.6 is 0 Å². The molecule has 5 rings (SSSR count). The molecule has 0 aliphatic carbocycles. The largest absolute Gasteiger partial charge is 0.444 e. The fourth-order valence-electron chi connectivity index (χ4n) is 5.62. The lowest BCUT2D eigenvalue weighted by Crippen LogP contribution is -2.59. The number of ether oxygens (including phenoxy) is 1. The number of benzene rings is 1. The van der Waals surface area contributed by atoms with Gasteiger partial charge in [-0.05, 0) is 53.7 Å². The minimum absolute atomic E-state index is 0.0347. The fourth-order valence-corrected chi connectivity index (χ4v) is 5.62. The molecule has 2 aliphatic rings. The van der Waals surface area contributed by atoms with Crippen molar-refractivity contribution in [3.8, 4) is 0 Å². The Bertz CT molecular complexity index is 1500. The zero-order valence-electron chi connectivity index (χ0n) is 24.0. The zero-order valence-corrected chi connectivity index (χ0v) is 24.0. The number of nitrogens with zero attached hydrogens (tertiary/aromatic N) is 6. The maximum Gasteiger partial charge on any atom is 0.410 e. The summed E-state index contributed by atoms with van der Waals surface area (Å²) in [5.41, 5.74) is 3.42. The highest BCUT2D eigenvalue weighted by Crippen LogP contribution is 2.42. The maximum atomic E-state index is 14.6. The van der Waals surface area contributed by atoms with Gasteiger partial charge in [0.05, 0.1) is 35.6 Å². The van der Waals surface area contributed by atoms with E-state index in [4.69, 9.17) is 4.74 Å². The summed E-state index contributed by atoms with van der Waals surface area (Å²) in [4.78, 5) is 34.6. The van der Waals surface area contributed by atoms with Gasteiger partial charge in [-0.2, -0.15) is 10.2 Å². The molecule has 3 atom stereocenters. The molecule has 10 nitrogen and oxygen atoms in total. The Morgan fingerprint density at radius 1 is 1.10 bits per heavy atom. The first-order valence-electron chi connectivity index (χ1n) is 13.6. The van der Waals surface area contributed by atoms with E-state index in [0.717, 1.165) is 11.3 Å². The summed E-state index contributed by atoms with van der Waals surface area (Å²) in [5.74, 6) is -0.888. The van der Waals surface area contributed by atoms with Crippen molar-refractivity contribution in [1.29, 1.82) is 0 Å². The number of hydrogen-bond acceptors (Lipinski definition) is 7. The molecule has 1 aromatic carbocycles. The third-order valence-electron chi connectivity index (χ3n) is 7.21. The molecule has 40 heavy (non-hydrogen) atoms. The number of halogens is 1. The molecule has 1 N–H and O–H groups in total. The molecular weight excluding hydrogens is 513 g/mol. The van der Waals surface area contributed by atoms with E-state index in [1.165, 1.54) is 6.07 Å². The van der Waals surface area contributed by atoms with E-state index in [1.54, 1.807) is 34.7 Å². The smallest absolute Gasteiger partial charge is 0.410 e. The number of aryl methyl sites for hydroxylation is 1. The van der Waals surface area contributed by atoms with Gasteiger partial charge in [-0.3, -0.25) is 9.69 Å². The third-order valence-corrected chi connectivity index (χ3v) is 7.21. The standard InChI is InChI=1S/C29H36FN7O3/c1-16-11-31-34-25-21(27(38)33-20-10-22(30)26-32-17(2)12-36(26)15-20)8-9-23(24(16)25)35-13-18(3)37(19(4)14-35)28(39)40-29(5,6)7/h8-10,12,15-16,18-19H,11,13-14H2,1-7H3,(H,33,38)/t16?,18-,19+. The second-order valence-corrected chi connectivity index (χ2v) is 11.9. The molecule has 1 saturated heterocycles. The highest BCUT2D eigenvalue weighted by atomic mass is 19.1. The highest BCUT2D eigenvalue weighted by Gasteiger charge is 2.37. The Morgan fingerprint density at radius 3 is 2.48 bits per heavy atom. The number of hydrogen-bond donors (Lipinski definition) is 1. The molecule has 0 saturated carbocycles. The average molecular weight is 550 g/mol. The monoisotopic (exact) mass is 549 g/mol. The lowest BCUT2D eigenvalue weighted by atomic mass is 9.91. The van der Waals surface area contributed by atoms with Crippen molar-refractivity contribution in [3.63, 3.8) is 0 Å². The van der Waals surface area contributed by atoms with Gasteiger partial charge in [0.1, 0.15) is 11.3 Å². The SMILES string of the molecule is Cc1cn2cc(NC(=O)c3ccc(N4C[C@@H](C)N(C(=O)OC(C)(C)C)[C@@H](C)C4)c4c3N=NCC4C)cc(F)c2n1. The van der Waals surface area contributed by atoms with Crippen molar-refractivity contribution in [2.45, 2.75) is 72.1 Å². The van der Waals surface area contributed by atoms with Gasteiger partial charge in [0.2, 0.25) is 0 Å². The van der Waals surface area contributed by atoms with Crippen LogP contribution in [0.1, 0.15) is 69.1 Å². The van der Waals surface area contributed by atoms with E-state index in [9.17, 15) is 14.0 Å². The van der Waals surface area contributed by atoms with E-state index in [2.05, 4.69) is 32.4 Å². The molecular formula is C29H36FN7O3. The van der Waals surface area contributed by atoms with Crippen molar-refractivity contribution in [2.24, 2.45) is 10.2 Å². The molecule has 212 valence electrons. The van der Waals surface area contributed by atoms with Crippen LogP contribution in [0, 0.1) is 12.7 Å². The van der Waals surface area contributed by atoms with Crippen LogP contribution in [-0.4, -0.2) is 63.6 Å². The summed E-state index contributed by atoms with van der Waals surface area (Å²) in [6, 6.07) is 4.77. The summed E-state index contributed by atoms with van der Waals surface area (Å²) in [6.45, 7) is 15.2. The van der Waals surface area contributed by atoms with Gasteiger partial charge in [-0.1, -0.05) is 6.92 Å². The number of carbonyl (C=O) groups excluding carboxylic acids is 2. The van der Waals surface area contributed by atoms with Crippen molar-refractivity contribution in [2.75, 3.05) is 29.9 Å². The van der Waals surface area contributed by atoms with Gasteiger partial charge >= 0.3 is 6.09 Å². The summed E-state index contributed by atoms with van der Waals surface area (Å²) in [5, 5.41) is 11.5. The molecule has 0 spiro atoms. The Labute approximate surface area is 233 Å². The third kappa shape index (κ3) is 5.24. The van der Waals surface area contributed by atoms with Gasteiger partial charge < -0.3 is 19.4 Å². The van der Waals surface area contributed by atoms with Crippen molar-refractivity contribution in [1.82, 2.24) is 14.3 Å². The van der Waals surface area contributed by atoms with Crippen LogP contribution in [0.5, 0.6) is 0 Å². The number of carbonyl (C=O) groups is 2. The van der Waals surface area contributed by atoms with Gasteiger partial charge in [0.25, 0.3) is 5.91 Å². The van der Waals surface area contributed by atoms with E-state index in [1.807, 2.05) is 40.7 Å². The number of imidazole rings is 1. The number of fused-ring (bicyclic) bond motifs is 2. The van der Waals surface area contributed by atoms with E-state index in [0.29, 0.717) is 42.3 Å². The zero-order chi connectivity index (χ0) is 28.9. The van der Waals surface area contributed by atoms with Crippen molar-refractivity contribution < 1.29 is 18.7 Å². The molecule has 11 heteroatoms. The summed E-state index contributed by atoms with van der Waals surface area (Å²) in [6.07, 6.45) is 3.02. The fraction of sp³-hybridized carbons (Fsp3) is 0.483. The van der Waals surface area contributed by atoms with Crippen LogP contribution in [0.2, 0.25) is 0 Å². The quantitative estimate of drug-likeness (QED) is 0.427. The Kier molecular flexibility index (Phi) is 7.01. The van der Waals surface area contributed by atoms with Crippen LogP contribution in [-0.2, 0) is 4.74 Å². The van der Waals surface area contributed by atoms with Gasteiger partial charge in [0, 0.05) is 48.7 Å². The van der Waals surface area contributed by atoms with Crippen LogP contribution in [0.15, 0.2) is 40.8 Å². The first-order chi connectivity index (χ1) is 18.8. The van der Waals surface area contributed by atoms with Crippen LogP contribution in [0.3, 0.4) is 0 Å². The number of azo groups is 1. The summed E-state index contributed by atoms with van der Waals surface area (Å²) < 4.78 is 21.8. The minimum atomic E-state index is -0.571. The lowest BCUT2D eigenvalue weighted by Gasteiger charge is -2.46. The average Bonchev–Trinajstić information content (AvgIpc) is 3.22. The predicted molar refractivity (Wildman–Crippen MR) is 151 cm³/mol. The number of amides is 2. The van der Waals surface area contributed by atoms with Crippen molar-refractivity contribution >= 4 is 34.7 Å². The number of aromatic nitrogens is 2. The molecule has 0 bridgehead atoms. The lowest BCUT2D eigenvalue weighted by molar-refractivity contribution is 0.00563. The van der Waals surface area contributed by atoms with Crippen LogP contribution in [0.4, 0.5) is 26.2 Å². The molecule has 4 heterocycles. The number of piperazine rings is 1. The van der Waals surface area contributed by atoms with Gasteiger partial charge in [0.15, 0.2) is 11.5 Å². The van der Waals surface area contributed by atoms with Gasteiger partial charge in [-0.25, -0.2) is 14.2 Å². The summed E-state index contributed by atoms with van der Waals surface area (Å²) in [7, 11) is 0. The molecule has 1 unspecified atom stereocenters. The van der Waals surface area contributed by atoms with E-state index in [-0.39, 0.29) is 29.7 Å². The van der Waals surface area contributed by atoms with E-state index < -0.39 is 17.3 Å². The Balaban J connectivity index is 1.43. The highest BCUT2D eigenvalue weighted by molar-refractivity contribution is 6.08.